The van der Waals surface area contributed by atoms with E-state index in [1.54, 1.807) is 18.2 Å². The molecule has 1 amide bonds. The summed E-state index contributed by atoms with van der Waals surface area (Å²) >= 11 is 0. The topological polar surface area (TPSA) is 90.4 Å². The number of benzene rings is 1. The number of carbonyl (C=O) groups excluding carboxylic acids is 1. The summed E-state index contributed by atoms with van der Waals surface area (Å²) in [4.78, 5) is 10.9. The van der Waals surface area contributed by atoms with E-state index in [0.29, 0.717) is 11.3 Å². The minimum absolute atomic E-state index is 0.419. The zero-order valence-electron chi connectivity index (χ0n) is 10.0. The van der Waals surface area contributed by atoms with E-state index in [9.17, 15) is 4.79 Å². The van der Waals surface area contributed by atoms with Crippen molar-refractivity contribution in [3.8, 4) is 0 Å². The van der Waals surface area contributed by atoms with Crippen LogP contribution in [0, 0.1) is 0 Å². The molecule has 0 saturated heterocycles. The van der Waals surface area contributed by atoms with Gasteiger partial charge in [0.2, 0.25) is 5.91 Å². The highest BCUT2D eigenvalue weighted by atomic mass is 16.5. The van der Waals surface area contributed by atoms with Crippen LogP contribution < -0.4 is 16.8 Å². The van der Waals surface area contributed by atoms with E-state index >= 15 is 0 Å². The molecule has 0 bridgehead atoms. The van der Waals surface area contributed by atoms with E-state index in [-0.39, 0.29) is 0 Å². The molecule has 0 spiro atoms. The van der Waals surface area contributed by atoms with Gasteiger partial charge in [0.25, 0.3) is 0 Å². The van der Waals surface area contributed by atoms with E-state index < -0.39 is 5.91 Å². The van der Waals surface area contributed by atoms with E-state index in [1.807, 2.05) is 6.92 Å². The molecule has 0 aliphatic heterocycles. The number of carbonyl (C=O) groups is 1. The Labute approximate surface area is 101 Å². The number of rotatable bonds is 7. The maximum Gasteiger partial charge on any atom is 0.248 e. The van der Waals surface area contributed by atoms with Crippen molar-refractivity contribution < 1.29 is 9.53 Å². The number of anilines is 2. The van der Waals surface area contributed by atoms with Crippen LogP contribution in [0.2, 0.25) is 0 Å². The van der Waals surface area contributed by atoms with Crippen molar-refractivity contribution >= 4 is 17.3 Å². The Morgan fingerprint density at radius 3 is 2.82 bits per heavy atom. The Balaban J connectivity index is 2.46. The largest absolute Gasteiger partial charge is 0.397 e. The van der Waals surface area contributed by atoms with Gasteiger partial charge in [-0.3, -0.25) is 4.79 Å². The summed E-state index contributed by atoms with van der Waals surface area (Å²) in [6, 6.07) is 4.99. The molecule has 0 aromatic heterocycles. The number of nitrogens with one attached hydrogen (secondary N) is 1. The van der Waals surface area contributed by atoms with Gasteiger partial charge >= 0.3 is 0 Å². The molecule has 5 nitrogen and oxygen atoms in total. The molecule has 17 heavy (non-hydrogen) atoms. The average molecular weight is 237 g/mol. The first-order valence-electron chi connectivity index (χ1n) is 5.66. The molecule has 0 unspecified atom stereocenters. The molecule has 0 aliphatic rings. The van der Waals surface area contributed by atoms with Crippen LogP contribution in [-0.4, -0.2) is 25.7 Å². The smallest absolute Gasteiger partial charge is 0.248 e. The average Bonchev–Trinajstić information content (AvgIpc) is 2.30. The standard InChI is InChI=1S/C12H19N3O2/c1-2-17-7-3-6-15-11-5-4-9(12(14)16)8-10(11)13/h4-5,8,15H,2-3,6-7,13H2,1H3,(H2,14,16). The van der Waals surface area contributed by atoms with Gasteiger partial charge in [0.1, 0.15) is 0 Å². The van der Waals surface area contributed by atoms with Gasteiger partial charge in [-0.05, 0) is 31.5 Å². The second kappa shape index (κ2) is 6.75. The minimum Gasteiger partial charge on any atom is -0.397 e. The van der Waals surface area contributed by atoms with Crippen LogP contribution in [-0.2, 0) is 4.74 Å². The molecule has 0 saturated carbocycles. The van der Waals surface area contributed by atoms with Crippen molar-refractivity contribution in [2.45, 2.75) is 13.3 Å². The Hall–Kier alpha value is -1.75. The van der Waals surface area contributed by atoms with Crippen LogP contribution >= 0.6 is 0 Å². The summed E-state index contributed by atoms with van der Waals surface area (Å²) in [6.07, 6.45) is 0.908. The molecule has 5 heteroatoms. The number of hydrogen-bond donors (Lipinski definition) is 3. The second-order valence-electron chi connectivity index (χ2n) is 3.64. The molecule has 1 aromatic rings. The highest BCUT2D eigenvalue weighted by molar-refractivity contribution is 5.94. The van der Waals surface area contributed by atoms with Crippen molar-refractivity contribution in [1.29, 1.82) is 0 Å². The Morgan fingerprint density at radius 1 is 1.47 bits per heavy atom. The molecule has 0 heterocycles. The first-order valence-corrected chi connectivity index (χ1v) is 5.66. The van der Waals surface area contributed by atoms with Crippen LogP contribution in [0.4, 0.5) is 11.4 Å². The number of nitrogen functional groups attached to an aromatic ring is 1. The number of primary amides is 1. The number of ether oxygens (including phenoxy) is 1. The van der Waals surface area contributed by atoms with E-state index in [2.05, 4.69) is 5.32 Å². The van der Waals surface area contributed by atoms with E-state index in [1.165, 1.54) is 0 Å². The van der Waals surface area contributed by atoms with Crippen LogP contribution in [0.25, 0.3) is 0 Å². The molecule has 1 rings (SSSR count). The summed E-state index contributed by atoms with van der Waals surface area (Å²) in [5, 5.41) is 3.18. The summed E-state index contributed by atoms with van der Waals surface area (Å²) in [6.45, 7) is 4.20. The third-order valence-corrected chi connectivity index (χ3v) is 2.32. The lowest BCUT2D eigenvalue weighted by molar-refractivity contribution is 0.100. The van der Waals surface area contributed by atoms with Gasteiger partial charge < -0.3 is 21.5 Å². The second-order valence-corrected chi connectivity index (χ2v) is 3.64. The van der Waals surface area contributed by atoms with Gasteiger partial charge in [0.15, 0.2) is 0 Å². The molecule has 0 atom stereocenters. The van der Waals surface area contributed by atoms with Gasteiger partial charge in [-0.2, -0.15) is 0 Å². The zero-order chi connectivity index (χ0) is 12.7. The van der Waals surface area contributed by atoms with Gasteiger partial charge in [-0.1, -0.05) is 0 Å². The Bertz CT molecular complexity index is 380. The first-order chi connectivity index (χ1) is 8.15. The zero-order valence-corrected chi connectivity index (χ0v) is 10.0. The molecular formula is C12H19N3O2. The van der Waals surface area contributed by atoms with Crippen molar-refractivity contribution in [3.63, 3.8) is 0 Å². The minimum atomic E-state index is -0.473. The van der Waals surface area contributed by atoms with Crippen LogP contribution in [0.5, 0.6) is 0 Å². The third-order valence-electron chi connectivity index (χ3n) is 2.32. The molecule has 94 valence electrons. The van der Waals surface area contributed by atoms with E-state index in [4.69, 9.17) is 16.2 Å². The number of hydrogen-bond acceptors (Lipinski definition) is 4. The third kappa shape index (κ3) is 4.32. The molecule has 1 aromatic carbocycles. The molecule has 5 N–H and O–H groups in total. The lowest BCUT2D eigenvalue weighted by Gasteiger charge is -2.10. The van der Waals surface area contributed by atoms with Crippen molar-refractivity contribution in [2.75, 3.05) is 30.8 Å². The fourth-order valence-electron chi connectivity index (χ4n) is 1.42. The number of amides is 1. The summed E-state index contributed by atoms with van der Waals surface area (Å²) in [7, 11) is 0. The van der Waals surface area contributed by atoms with Crippen molar-refractivity contribution in [3.05, 3.63) is 23.8 Å². The first kappa shape index (κ1) is 13.3. The van der Waals surface area contributed by atoms with E-state index in [0.717, 1.165) is 31.9 Å². The molecular weight excluding hydrogens is 218 g/mol. The predicted molar refractivity (Wildman–Crippen MR) is 69.0 cm³/mol. The molecule has 0 radical (unpaired) electrons. The lowest BCUT2D eigenvalue weighted by atomic mass is 10.1. The Morgan fingerprint density at radius 2 is 2.24 bits per heavy atom. The van der Waals surface area contributed by atoms with Crippen LogP contribution in [0.1, 0.15) is 23.7 Å². The van der Waals surface area contributed by atoms with Gasteiger partial charge in [-0.25, -0.2) is 0 Å². The maximum atomic E-state index is 10.9. The predicted octanol–water partition coefficient (Wildman–Crippen LogP) is 1.21. The monoisotopic (exact) mass is 237 g/mol. The summed E-state index contributed by atoms with van der Waals surface area (Å²) in [5.41, 5.74) is 12.7. The van der Waals surface area contributed by atoms with Crippen LogP contribution in [0.3, 0.4) is 0 Å². The SMILES string of the molecule is CCOCCCNc1ccc(C(N)=O)cc1N. The van der Waals surface area contributed by atoms with Gasteiger partial charge in [0.05, 0.1) is 11.4 Å². The molecule has 0 fully saturated rings. The molecule has 0 aliphatic carbocycles. The van der Waals surface area contributed by atoms with Gasteiger partial charge in [-0.15, -0.1) is 0 Å². The maximum absolute atomic E-state index is 10.9. The lowest BCUT2D eigenvalue weighted by Crippen LogP contribution is -2.12. The normalized spacial score (nSPS) is 10.2. The quantitative estimate of drug-likeness (QED) is 0.491. The fraction of sp³-hybridized carbons (Fsp3) is 0.417. The fourth-order valence-corrected chi connectivity index (χ4v) is 1.42. The van der Waals surface area contributed by atoms with Crippen molar-refractivity contribution in [2.24, 2.45) is 5.73 Å². The van der Waals surface area contributed by atoms with Crippen LogP contribution in [0.15, 0.2) is 18.2 Å². The highest BCUT2D eigenvalue weighted by Gasteiger charge is 2.04. The number of nitrogens with two attached hydrogens (primary N) is 2. The van der Waals surface area contributed by atoms with Crippen molar-refractivity contribution in [1.82, 2.24) is 0 Å². The summed E-state index contributed by atoms with van der Waals surface area (Å²) in [5.74, 6) is -0.473. The Kier molecular flexibility index (Phi) is 5.29. The highest BCUT2D eigenvalue weighted by Crippen LogP contribution is 2.19. The summed E-state index contributed by atoms with van der Waals surface area (Å²) < 4.78 is 5.22. The van der Waals surface area contributed by atoms with Gasteiger partial charge in [0, 0.05) is 25.3 Å².